The molecule has 0 aromatic heterocycles. The highest BCUT2D eigenvalue weighted by atomic mass is 35.5. The Bertz CT molecular complexity index is 1110. The normalized spacial score (nSPS) is 15.1. The van der Waals surface area contributed by atoms with Gasteiger partial charge in [0.05, 0.1) is 19.8 Å². The number of halogens is 3. The fraction of sp³-hybridized carbons (Fsp3) is 0.571. The van der Waals surface area contributed by atoms with Gasteiger partial charge in [-0.3, -0.25) is 0 Å². The van der Waals surface area contributed by atoms with E-state index in [9.17, 15) is 0 Å². The average Bonchev–Trinajstić information content (AvgIpc) is 3.17. The lowest BCUT2D eigenvalue weighted by atomic mass is 9.98. The van der Waals surface area contributed by atoms with E-state index in [1.54, 1.807) is 0 Å². The van der Waals surface area contributed by atoms with Crippen molar-refractivity contribution in [1.29, 1.82) is 0 Å². The molecule has 0 saturated carbocycles. The van der Waals surface area contributed by atoms with Gasteiger partial charge in [0.15, 0.2) is 0 Å². The Morgan fingerprint density at radius 1 is 0.442 bits per heavy atom. The van der Waals surface area contributed by atoms with E-state index in [1.807, 2.05) is 54.6 Å². The molecule has 0 fully saturated rings. The maximum absolute atomic E-state index is 6.94. The first-order valence-electron chi connectivity index (χ1n) is 19.2. The first kappa shape index (κ1) is 44.7. The van der Waals surface area contributed by atoms with E-state index >= 15 is 0 Å². The van der Waals surface area contributed by atoms with E-state index in [1.165, 1.54) is 0 Å². The van der Waals surface area contributed by atoms with Gasteiger partial charge in [-0.25, -0.2) is 0 Å². The van der Waals surface area contributed by atoms with Gasteiger partial charge in [0.25, 0.3) is 0 Å². The number of benzene rings is 3. The highest BCUT2D eigenvalue weighted by Crippen LogP contribution is 2.29. The first-order chi connectivity index (χ1) is 25.4. The third kappa shape index (κ3) is 18.6. The van der Waals surface area contributed by atoms with Gasteiger partial charge in [-0.05, 0) is 92.2 Å². The molecule has 0 spiro atoms. The van der Waals surface area contributed by atoms with Crippen LogP contribution >= 0.6 is 34.8 Å². The summed E-state index contributed by atoms with van der Waals surface area (Å²) >= 11 is 20.8. The molecule has 6 nitrogen and oxygen atoms in total. The van der Waals surface area contributed by atoms with Crippen molar-refractivity contribution in [2.24, 2.45) is 17.8 Å². The number of hydrogen-bond acceptors (Lipinski definition) is 6. The predicted octanol–water partition coefficient (Wildman–Crippen LogP) is 11.8. The Hall–Kier alpha value is -1.65. The molecule has 10 heteroatoms. The summed E-state index contributed by atoms with van der Waals surface area (Å²) in [5.74, 6) is 0.185. The summed E-state index contributed by atoms with van der Waals surface area (Å²) in [6, 6.07) is 30.6. The number of alkyl halides is 3. The maximum atomic E-state index is 6.94. The molecule has 3 aromatic rings. The molecule has 6 atom stereocenters. The lowest BCUT2D eigenvalue weighted by Gasteiger charge is -2.30. The van der Waals surface area contributed by atoms with Crippen LogP contribution in [0.2, 0.25) is 0 Å². The van der Waals surface area contributed by atoms with Crippen molar-refractivity contribution in [3.8, 4) is 0 Å². The minimum Gasteiger partial charge on any atom is -0.377 e. The van der Waals surface area contributed by atoms with Crippen molar-refractivity contribution in [1.82, 2.24) is 0 Å². The second-order valence-electron chi connectivity index (χ2n) is 13.3. The molecule has 0 bridgehead atoms. The molecular formula is C42H60BCl3O6. The van der Waals surface area contributed by atoms with E-state index in [0.29, 0.717) is 39.6 Å². The SMILES string of the molecule is CC[C@@H](CCCOCc1ccccc1)[C@H](Cl)OB(O[C@@H](Cl)[C@@H](CC)CCCOCc1ccccc1)O[C@@H](Cl)[C@@H](CC)CCCOCc1ccccc1. The Morgan fingerprint density at radius 2 is 0.712 bits per heavy atom. The fourth-order valence-electron chi connectivity index (χ4n) is 5.94. The monoisotopic (exact) mass is 776 g/mol. The Morgan fingerprint density at radius 3 is 0.962 bits per heavy atom. The molecule has 3 aromatic carbocycles. The molecule has 288 valence electrons. The van der Waals surface area contributed by atoms with Crippen molar-refractivity contribution in [3.63, 3.8) is 0 Å². The highest BCUT2D eigenvalue weighted by molar-refractivity contribution is 6.40. The highest BCUT2D eigenvalue weighted by Gasteiger charge is 2.36. The topological polar surface area (TPSA) is 55.4 Å². The lowest BCUT2D eigenvalue weighted by molar-refractivity contribution is 0.0168. The van der Waals surface area contributed by atoms with Gasteiger partial charge in [-0.2, -0.15) is 0 Å². The van der Waals surface area contributed by atoms with Crippen LogP contribution in [0.4, 0.5) is 0 Å². The molecule has 0 radical (unpaired) electrons. The summed E-state index contributed by atoms with van der Waals surface area (Å²) in [6.07, 6.45) is 7.56. The molecule has 52 heavy (non-hydrogen) atoms. The zero-order valence-corrected chi connectivity index (χ0v) is 33.7. The first-order valence-corrected chi connectivity index (χ1v) is 20.5. The van der Waals surface area contributed by atoms with E-state index in [-0.39, 0.29) is 17.8 Å². The van der Waals surface area contributed by atoms with E-state index in [0.717, 1.165) is 74.5 Å². The molecule has 0 aliphatic heterocycles. The lowest BCUT2D eigenvalue weighted by Crippen LogP contribution is -2.40. The second kappa shape index (κ2) is 27.9. The molecule has 0 aliphatic carbocycles. The standard InChI is InChI=1S/C42H60BCl3O6/c1-4-37(25-16-28-47-31-34-19-10-7-11-20-34)40(44)50-43(51-41(45)38(5-2)26-17-29-48-32-35-21-12-8-13-22-35)52-42(46)39(6-3)27-18-30-49-33-36-23-14-9-15-24-36/h7-15,19-24,37-42H,4-6,16-18,25-33H2,1-3H3/t37-,38-,39-,40+,41+,42+/m0/s1. The van der Waals surface area contributed by atoms with Crippen molar-refractivity contribution >= 4 is 42.1 Å². The van der Waals surface area contributed by atoms with Crippen molar-refractivity contribution in [2.45, 2.75) is 115 Å². The quantitative estimate of drug-likeness (QED) is 0.0382. The third-order valence-electron chi connectivity index (χ3n) is 9.33. The van der Waals surface area contributed by atoms with Crippen LogP contribution in [0.1, 0.15) is 95.2 Å². The second-order valence-corrected chi connectivity index (χ2v) is 14.6. The minimum absolute atomic E-state index is 0.0618. The molecule has 0 N–H and O–H groups in total. The van der Waals surface area contributed by atoms with Crippen LogP contribution in [0.5, 0.6) is 0 Å². The van der Waals surface area contributed by atoms with Crippen LogP contribution in [0, 0.1) is 17.8 Å². The van der Waals surface area contributed by atoms with E-state index in [2.05, 4.69) is 57.2 Å². The molecule has 0 saturated heterocycles. The van der Waals surface area contributed by atoms with Gasteiger partial charge < -0.3 is 28.2 Å². The molecule has 0 amide bonds. The van der Waals surface area contributed by atoms with E-state index < -0.39 is 24.0 Å². The Labute approximate surface area is 329 Å². The van der Waals surface area contributed by atoms with Crippen LogP contribution < -0.4 is 0 Å². The van der Waals surface area contributed by atoms with Gasteiger partial charge >= 0.3 is 7.32 Å². The Balaban J connectivity index is 1.53. The van der Waals surface area contributed by atoms with Gasteiger partial charge in [0.2, 0.25) is 0 Å². The molecule has 0 unspecified atom stereocenters. The number of rotatable bonds is 30. The molecular weight excluding hydrogens is 718 g/mol. The summed E-state index contributed by atoms with van der Waals surface area (Å²) < 4.78 is 36.7. The van der Waals surface area contributed by atoms with Gasteiger partial charge in [0.1, 0.15) is 16.7 Å². The maximum Gasteiger partial charge on any atom is 0.642 e. The Kier molecular flexibility index (Phi) is 24.0. The van der Waals surface area contributed by atoms with Crippen LogP contribution in [0.25, 0.3) is 0 Å². The van der Waals surface area contributed by atoms with Crippen molar-refractivity contribution in [2.75, 3.05) is 19.8 Å². The smallest absolute Gasteiger partial charge is 0.377 e. The predicted molar refractivity (Wildman–Crippen MR) is 215 cm³/mol. The fourth-order valence-corrected chi connectivity index (χ4v) is 7.11. The van der Waals surface area contributed by atoms with E-state index in [4.69, 9.17) is 63.0 Å². The number of ether oxygens (including phenoxy) is 3. The molecule has 0 heterocycles. The summed E-state index contributed by atoms with van der Waals surface area (Å²) in [5, 5.41) is 0. The zero-order valence-electron chi connectivity index (χ0n) is 31.4. The number of hydrogen-bond donors (Lipinski definition) is 0. The average molecular weight is 778 g/mol. The summed E-state index contributed by atoms with van der Waals surface area (Å²) in [7, 11) is -1.12. The van der Waals surface area contributed by atoms with Gasteiger partial charge in [-0.15, -0.1) is 0 Å². The zero-order chi connectivity index (χ0) is 37.2. The summed E-state index contributed by atoms with van der Waals surface area (Å²) in [5.41, 5.74) is 1.50. The van der Waals surface area contributed by atoms with Gasteiger partial charge in [0, 0.05) is 19.8 Å². The van der Waals surface area contributed by atoms with Gasteiger partial charge in [-0.1, -0.05) is 147 Å². The van der Waals surface area contributed by atoms with Crippen LogP contribution in [0.15, 0.2) is 91.0 Å². The van der Waals surface area contributed by atoms with Crippen molar-refractivity contribution in [3.05, 3.63) is 108 Å². The largest absolute Gasteiger partial charge is 0.642 e. The molecule has 0 aliphatic rings. The third-order valence-corrected chi connectivity index (χ3v) is 10.7. The van der Waals surface area contributed by atoms with Crippen molar-refractivity contribution < 1.29 is 28.2 Å². The van der Waals surface area contributed by atoms with Crippen LogP contribution in [0.3, 0.4) is 0 Å². The summed E-state index contributed by atoms with van der Waals surface area (Å²) in [4.78, 5) is 0. The molecule has 3 rings (SSSR count). The minimum atomic E-state index is -1.12. The summed E-state index contributed by atoms with van der Waals surface area (Å²) in [6.45, 7) is 10.0. The van der Waals surface area contributed by atoms with Crippen LogP contribution in [-0.2, 0) is 48.0 Å². The van der Waals surface area contributed by atoms with Crippen LogP contribution in [-0.4, -0.2) is 43.8 Å².